The second-order valence-electron chi connectivity index (χ2n) is 6.29. The van der Waals surface area contributed by atoms with Gasteiger partial charge < -0.3 is 10.2 Å². The summed E-state index contributed by atoms with van der Waals surface area (Å²) >= 11 is 0. The third kappa shape index (κ3) is 14.3. The summed E-state index contributed by atoms with van der Waals surface area (Å²) in [6, 6.07) is 0. The highest BCUT2D eigenvalue weighted by molar-refractivity contribution is 4.61. The van der Waals surface area contributed by atoms with E-state index in [0.717, 1.165) is 44.9 Å². The number of unbranched alkanes of at least 4 members (excludes halogenated alkanes) is 7. The Kier molecular flexibility index (Phi) is 15.3. The highest BCUT2D eigenvalue weighted by Gasteiger charge is 2.07. The first-order valence-electron chi connectivity index (χ1n) is 9.06. The molecule has 0 amide bonds. The van der Waals surface area contributed by atoms with Crippen LogP contribution in [0.3, 0.4) is 0 Å². The number of aliphatic hydroxyl groups excluding tert-OH is 2. The monoisotopic (exact) mass is 286 g/mol. The van der Waals surface area contributed by atoms with Crippen LogP contribution >= 0.6 is 0 Å². The lowest BCUT2D eigenvalue weighted by molar-refractivity contribution is 0.121. The Morgan fingerprint density at radius 2 is 0.850 bits per heavy atom. The number of rotatable bonds is 15. The second kappa shape index (κ2) is 15.3. The van der Waals surface area contributed by atoms with Crippen LogP contribution in [0.15, 0.2) is 0 Å². The van der Waals surface area contributed by atoms with Crippen LogP contribution in [0.2, 0.25) is 0 Å². The summed E-state index contributed by atoms with van der Waals surface area (Å²) in [6.07, 6.45) is 15.5. The maximum atomic E-state index is 9.90. The van der Waals surface area contributed by atoms with E-state index in [2.05, 4.69) is 13.8 Å². The van der Waals surface area contributed by atoms with E-state index in [1.807, 2.05) is 0 Å². The molecule has 0 heterocycles. The topological polar surface area (TPSA) is 40.5 Å². The van der Waals surface area contributed by atoms with Crippen LogP contribution in [0.5, 0.6) is 0 Å². The van der Waals surface area contributed by atoms with Crippen LogP contribution in [0.25, 0.3) is 0 Å². The molecule has 0 radical (unpaired) electrons. The molecule has 0 spiro atoms. The molecule has 2 N–H and O–H groups in total. The van der Waals surface area contributed by atoms with E-state index in [9.17, 15) is 10.2 Å². The fourth-order valence-corrected chi connectivity index (χ4v) is 2.67. The van der Waals surface area contributed by atoms with Gasteiger partial charge in [-0.2, -0.15) is 0 Å². The Hall–Kier alpha value is -0.0800. The lowest BCUT2D eigenvalue weighted by Gasteiger charge is -2.13. The molecule has 122 valence electrons. The van der Waals surface area contributed by atoms with Crippen molar-refractivity contribution in [2.45, 2.75) is 116 Å². The molecule has 2 atom stereocenters. The second-order valence-corrected chi connectivity index (χ2v) is 6.29. The Morgan fingerprint density at radius 3 is 1.40 bits per heavy atom. The van der Waals surface area contributed by atoms with E-state index < -0.39 is 0 Å². The van der Waals surface area contributed by atoms with E-state index >= 15 is 0 Å². The molecule has 0 bridgehead atoms. The minimum Gasteiger partial charge on any atom is -0.393 e. The van der Waals surface area contributed by atoms with Crippen molar-refractivity contribution in [2.75, 3.05) is 0 Å². The molecule has 0 aliphatic heterocycles. The zero-order valence-electron chi connectivity index (χ0n) is 13.9. The first-order chi connectivity index (χ1) is 9.70. The molecule has 0 aromatic carbocycles. The van der Waals surface area contributed by atoms with Gasteiger partial charge in [-0.3, -0.25) is 0 Å². The molecular weight excluding hydrogens is 248 g/mol. The molecule has 0 rings (SSSR count). The van der Waals surface area contributed by atoms with Crippen LogP contribution in [0, 0.1) is 0 Å². The van der Waals surface area contributed by atoms with E-state index in [0.29, 0.717) is 0 Å². The summed E-state index contributed by atoms with van der Waals surface area (Å²) in [7, 11) is 0. The minimum absolute atomic E-state index is 0.149. The Bertz CT molecular complexity index is 182. The summed E-state index contributed by atoms with van der Waals surface area (Å²) in [5.41, 5.74) is 0. The van der Waals surface area contributed by atoms with E-state index in [1.54, 1.807) is 0 Å². The van der Waals surface area contributed by atoms with E-state index in [1.165, 1.54) is 44.9 Å². The molecule has 20 heavy (non-hydrogen) atoms. The Balaban J connectivity index is 3.28. The predicted molar refractivity (Wildman–Crippen MR) is 88.0 cm³/mol. The van der Waals surface area contributed by atoms with Crippen molar-refractivity contribution in [1.29, 1.82) is 0 Å². The van der Waals surface area contributed by atoms with Crippen LogP contribution in [-0.2, 0) is 0 Å². The average molecular weight is 286 g/mol. The molecule has 0 aromatic rings. The third-order valence-corrected chi connectivity index (χ3v) is 4.11. The van der Waals surface area contributed by atoms with Crippen molar-refractivity contribution in [2.24, 2.45) is 0 Å². The maximum absolute atomic E-state index is 9.90. The van der Waals surface area contributed by atoms with Crippen LogP contribution in [0.4, 0.5) is 0 Å². The number of aliphatic hydroxyl groups is 2. The lowest BCUT2D eigenvalue weighted by atomic mass is 10.0. The lowest BCUT2D eigenvalue weighted by Crippen LogP contribution is -2.10. The van der Waals surface area contributed by atoms with Crippen molar-refractivity contribution >= 4 is 0 Å². The molecule has 0 aromatic heterocycles. The molecular formula is C18H38O2. The summed E-state index contributed by atoms with van der Waals surface area (Å²) in [5, 5.41) is 19.7. The molecule has 2 heteroatoms. The summed E-state index contributed by atoms with van der Waals surface area (Å²) < 4.78 is 0. The number of hydrogen-bond donors (Lipinski definition) is 2. The molecule has 0 saturated carbocycles. The highest BCUT2D eigenvalue weighted by atomic mass is 16.3. The molecule has 2 unspecified atom stereocenters. The van der Waals surface area contributed by atoms with Gasteiger partial charge in [-0.25, -0.2) is 0 Å². The van der Waals surface area contributed by atoms with Crippen molar-refractivity contribution in [3.05, 3.63) is 0 Å². The van der Waals surface area contributed by atoms with E-state index in [4.69, 9.17) is 0 Å². The van der Waals surface area contributed by atoms with Gasteiger partial charge in [0.1, 0.15) is 0 Å². The number of hydrogen-bond acceptors (Lipinski definition) is 2. The van der Waals surface area contributed by atoms with Gasteiger partial charge in [-0.1, -0.05) is 71.6 Å². The Morgan fingerprint density at radius 1 is 0.500 bits per heavy atom. The van der Waals surface area contributed by atoms with Gasteiger partial charge in [-0.15, -0.1) is 0 Å². The quantitative estimate of drug-likeness (QED) is 0.406. The smallest absolute Gasteiger partial charge is 0.0540 e. The molecule has 0 saturated heterocycles. The highest BCUT2D eigenvalue weighted by Crippen LogP contribution is 2.14. The van der Waals surface area contributed by atoms with Gasteiger partial charge >= 0.3 is 0 Å². The normalized spacial score (nSPS) is 14.4. The summed E-state index contributed by atoms with van der Waals surface area (Å²) in [4.78, 5) is 0. The zero-order valence-corrected chi connectivity index (χ0v) is 13.9. The Labute approximate surface area is 127 Å². The first kappa shape index (κ1) is 19.9. The van der Waals surface area contributed by atoms with Crippen LogP contribution < -0.4 is 0 Å². The predicted octanol–water partition coefficient (Wildman–Crippen LogP) is 5.21. The fraction of sp³-hybridized carbons (Fsp3) is 1.00. The average Bonchev–Trinajstić information content (AvgIpc) is 2.43. The minimum atomic E-state index is -0.150. The molecule has 0 aliphatic carbocycles. The van der Waals surface area contributed by atoms with Crippen LogP contribution in [0.1, 0.15) is 104 Å². The van der Waals surface area contributed by atoms with Gasteiger partial charge in [0.15, 0.2) is 0 Å². The van der Waals surface area contributed by atoms with Crippen molar-refractivity contribution in [3.8, 4) is 0 Å². The SMILES string of the molecule is CCCCCCCCC(O)CCCC(O)CCCCC. The summed E-state index contributed by atoms with van der Waals surface area (Å²) in [5.74, 6) is 0. The van der Waals surface area contributed by atoms with Gasteiger partial charge in [0.05, 0.1) is 12.2 Å². The summed E-state index contributed by atoms with van der Waals surface area (Å²) in [6.45, 7) is 4.42. The van der Waals surface area contributed by atoms with Crippen molar-refractivity contribution < 1.29 is 10.2 Å². The largest absolute Gasteiger partial charge is 0.393 e. The molecule has 0 aliphatic rings. The van der Waals surface area contributed by atoms with Gasteiger partial charge in [0.2, 0.25) is 0 Å². The zero-order chi connectivity index (χ0) is 15.1. The van der Waals surface area contributed by atoms with E-state index in [-0.39, 0.29) is 12.2 Å². The standard InChI is InChI=1S/C18H38O2/c1-3-5-7-8-9-11-14-18(20)16-12-15-17(19)13-10-6-4-2/h17-20H,3-16H2,1-2H3. The maximum Gasteiger partial charge on any atom is 0.0540 e. The van der Waals surface area contributed by atoms with Crippen molar-refractivity contribution in [3.63, 3.8) is 0 Å². The van der Waals surface area contributed by atoms with Gasteiger partial charge in [0, 0.05) is 0 Å². The molecule has 0 fully saturated rings. The third-order valence-electron chi connectivity index (χ3n) is 4.11. The van der Waals surface area contributed by atoms with Crippen molar-refractivity contribution in [1.82, 2.24) is 0 Å². The molecule has 2 nitrogen and oxygen atoms in total. The van der Waals surface area contributed by atoms with Gasteiger partial charge in [0.25, 0.3) is 0 Å². The van der Waals surface area contributed by atoms with Crippen LogP contribution in [-0.4, -0.2) is 22.4 Å². The first-order valence-corrected chi connectivity index (χ1v) is 9.06. The van der Waals surface area contributed by atoms with Gasteiger partial charge in [-0.05, 0) is 32.1 Å². The fourth-order valence-electron chi connectivity index (χ4n) is 2.67.